The van der Waals surface area contributed by atoms with E-state index < -0.39 is 11.3 Å². The van der Waals surface area contributed by atoms with Gasteiger partial charge in [-0.1, -0.05) is 84.4 Å². The fraction of sp³-hybridized carbons (Fsp3) is 0.575. The van der Waals surface area contributed by atoms with E-state index in [-0.39, 0.29) is 30.6 Å². The minimum Gasteiger partial charge on any atom is -0.402 e. The van der Waals surface area contributed by atoms with Crippen LogP contribution < -0.4 is 16.8 Å². The zero-order valence-corrected chi connectivity index (χ0v) is 32.0. The molecule has 0 spiro atoms. The number of fused-ring (bicyclic) bond motifs is 1. The highest BCUT2D eigenvalue weighted by Gasteiger charge is 2.60. The van der Waals surface area contributed by atoms with Crippen LogP contribution in [0.15, 0.2) is 54.3 Å². The van der Waals surface area contributed by atoms with Crippen LogP contribution in [0, 0.1) is 23.2 Å². The molecule has 1 aliphatic heterocycles. The van der Waals surface area contributed by atoms with E-state index in [1.54, 1.807) is 11.0 Å². The Bertz CT molecular complexity index is 1550. The summed E-state index contributed by atoms with van der Waals surface area (Å²) in [7, 11) is 0. The third-order valence-electron chi connectivity index (χ3n) is 9.98. The van der Waals surface area contributed by atoms with Crippen LogP contribution in [-0.4, -0.2) is 56.6 Å². The molecule has 0 bridgehead atoms. The van der Waals surface area contributed by atoms with Crippen molar-refractivity contribution in [1.82, 2.24) is 25.4 Å². The number of nitrogens with zero attached hydrogens (tertiary/aromatic N) is 4. The average molecular weight is 687 g/mol. The van der Waals surface area contributed by atoms with Crippen LogP contribution >= 0.6 is 0 Å². The lowest BCUT2D eigenvalue weighted by atomic mass is 9.68. The fourth-order valence-electron chi connectivity index (χ4n) is 7.18. The lowest BCUT2D eigenvalue weighted by molar-refractivity contribution is -0.131. The number of amides is 2. The number of carbonyl (C=O) groups is 2. The quantitative estimate of drug-likeness (QED) is 0.152. The number of rotatable bonds is 15. The number of carbonyl (C=O) groups excluding carboxylic acids is 2. The molecule has 0 radical (unpaired) electrons. The number of aromatic nitrogens is 3. The first kappa shape index (κ1) is 41.9. The first-order valence-corrected chi connectivity index (χ1v) is 18.3. The molecule has 6 N–H and O–H groups in total. The lowest BCUT2D eigenvalue weighted by Crippen LogP contribution is -2.47. The Morgan fingerprint density at radius 2 is 1.92 bits per heavy atom. The maximum absolute atomic E-state index is 13.2. The molecule has 1 saturated carbocycles. The molecule has 50 heavy (non-hydrogen) atoms. The second-order valence-electron chi connectivity index (χ2n) is 13.4. The molecule has 2 aliphatic rings. The number of likely N-dealkylation sites (tertiary alicyclic amines) is 1. The van der Waals surface area contributed by atoms with Crippen molar-refractivity contribution < 1.29 is 9.59 Å². The monoisotopic (exact) mass is 686 g/mol. The first-order valence-electron chi connectivity index (χ1n) is 18.3. The average Bonchev–Trinajstić information content (AvgIpc) is 3.44. The molecular formula is C40H62N8O2. The van der Waals surface area contributed by atoms with Crippen molar-refractivity contribution in [1.29, 1.82) is 5.26 Å². The van der Waals surface area contributed by atoms with E-state index >= 15 is 0 Å². The predicted octanol–water partition coefficient (Wildman–Crippen LogP) is 6.64. The standard InChI is InChI=1S/C30H41N7O2.C8H15N.C2H6/c1-7-9-20-12-21(28(32)39)10-11-24(20)30(17(3)4,29-34-25(8-2)35-36-29)14-18(5)33-16-26(38)37-22(15-31)13-23-19(6)27(23)37;1-4-8(5-2)6-7(3)9;1-2/h10-12,18-19,22-23,27,33H,3,7-9,13-14,16H2,1-2,4-6H3,(H2,32,39)(H,34,35,36);4H,3,5-6,9H2,1-2H3;1-2H3/b;8-4+;. The van der Waals surface area contributed by atoms with E-state index in [1.165, 1.54) is 5.57 Å². The molecule has 1 aromatic heterocycles. The predicted molar refractivity (Wildman–Crippen MR) is 203 cm³/mol. The third-order valence-corrected chi connectivity index (χ3v) is 9.98. The third kappa shape index (κ3) is 9.72. The van der Waals surface area contributed by atoms with Gasteiger partial charge in [0.2, 0.25) is 11.8 Å². The van der Waals surface area contributed by atoms with Crippen LogP contribution in [0.1, 0.15) is 128 Å². The van der Waals surface area contributed by atoms with Gasteiger partial charge in [0.05, 0.1) is 18.0 Å². The Hall–Kier alpha value is -4.23. The van der Waals surface area contributed by atoms with E-state index in [2.05, 4.69) is 61.6 Å². The highest BCUT2D eigenvalue weighted by atomic mass is 16.2. The van der Waals surface area contributed by atoms with Gasteiger partial charge in [-0.25, -0.2) is 4.98 Å². The van der Waals surface area contributed by atoms with Crippen LogP contribution in [-0.2, 0) is 23.1 Å². The van der Waals surface area contributed by atoms with E-state index in [1.807, 2.05) is 53.7 Å². The molecule has 2 aromatic rings. The van der Waals surface area contributed by atoms with Gasteiger partial charge in [0, 0.05) is 36.2 Å². The zero-order chi connectivity index (χ0) is 37.8. The summed E-state index contributed by atoms with van der Waals surface area (Å²) in [6, 6.07) is 7.63. The molecule has 10 nitrogen and oxygen atoms in total. The number of primary amides is 1. The Balaban J connectivity index is 0.000000686. The zero-order valence-electron chi connectivity index (χ0n) is 32.0. The Morgan fingerprint density at radius 1 is 1.24 bits per heavy atom. The van der Waals surface area contributed by atoms with Gasteiger partial charge in [-0.3, -0.25) is 14.7 Å². The van der Waals surface area contributed by atoms with Gasteiger partial charge in [0.1, 0.15) is 11.9 Å². The molecule has 10 heteroatoms. The van der Waals surface area contributed by atoms with E-state index in [9.17, 15) is 14.9 Å². The summed E-state index contributed by atoms with van der Waals surface area (Å²) in [5, 5.41) is 20.7. The number of benzene rings is 1. The number of hydrogen-bond donors (Lipinski definition) is 4. The molecule has 6 atom stereocenters. The molecular weight excluding hydrogens is 624 g/mol. The van der Waals surface area contributed by atoms with Gasteiger partial charge in [-0.2, -0.15) is 10.4 Å². The molecule has 1 aromatic carbocycles. The number of H-pyrrole nitrogens is 1. The summed E-state index contributed by atoms with van der Waals surface area (Å²) in [5.74, 6) is 1.81. The smallest absolute Gasteiger partial charge is 0.248 e. The summed E-state index contributed by atoms with van der Waals surface area (Å²) in [5.41, 5.74) is 15.7. The van der Waals surface area contributed by atoms with Crippen LogP contribution in [0.3, 0.4) is 0 Å². The van der Waals surface area contributed by atoms with Gasteiger partial charge in [-0.05, 0) is 81.5 Å². The summed E-state index contributed by atoms with van der Waals surface area (Å²) in [4.78, 5) is 31.9. The van der Waals surface area contributed by atoms with Crippen molar-refractivity contribution in [3.8, 4) is 6.07 Å². The summed E-state index contributed by atoms with van der Waals surface area (Å²) >= 11 is 0. The topological polar surface area (TPSA) is 167 Å². The Morgan fingerprint density at radius 3 is 2.40 bits per heavy atom. The number of aromatic amines is 1. The number of nitrogens with one attached hydrogen (secondary N) is 2. The maximum Gasteiger partial charge on any atom is 0.248 e. The van der Waals surface area contributed by atoms with E-state index in [0.717, 1.165) is 60.3 Å². The van der Waals surface area contributed by atoms with Crippen molar-refractivity contribution in [2.75, 3.05) is 6.54 Å². The summed E-state index contributed by atoms with van der Waals surface area (Å²) in [6.45, 7) is 26.6. The lowest BCUT2D eigenvalue weighted by Gasteiger charge is -2.37. The number of aryl methyl sites for hydroxylation is 2. The molecule has 1 saturated heterocycles. The molecule has 1 aliphatic carbocycles. The normalized spacial score (nSPS) is 20.9. The van der Waals surface area contributed by atoms with Crippen molar-refractivity contribution >= 4 is 11.8 Å². The highest BCUT2D eigenvalue weighted by Crippen LogP contribution is 2.53. The van der Waals surface area contributed by atoms with Gasteiger partial charge < -0.3 is 21.7 Å². The van der Waals surface area contributed by atoms with Gasteiger partial charge in [0.25, 0.3) is 0 Å². The van der Waals surface area contributed by atoms with Gasteiger partial charge in [0.15, 0.2) is 5.82 Å². The minimum atomic E-state index is -0.765. The van der Waals surface area contributed by atoms with Gasteiger partial charge in [-0.15, -0.1) is 0 Å². The van der Waals surface area contributed by atoms with E-state index in [4.69, 9.17) is 16.5 Å². The second kappa shape index (κ2) is 19.2. The maximum atomic E-state index is 13.2. The number of allylic oxidation sites excluding steroid dienone is 3. The number of hydrogen-bond acceptors (Lipinski definition) is 7. The second-order valence-corrected chi connectivity index (χ2v) is 13.4. The molecule has 4 rings (SSSR count). The molecule has 2 fully saturated rings. The molecule has 274 valence electrons. The van der Waals surface area contributed by atoms with Crippen LogP contribution in [0.25, 0.3) is 0 Å². The van der Waals surface area contributed by atoms with E-state index in [0.29, 0.717) is 36.1 Å². The van der Waals surface area contributed by atoms with Crippen molar-refractivity contribution in [3.05, 3.63) is 82.6 Å². The van der Waals surface area contributed by atoms with Crippen molar-refractivity contribution in [2.24, 2.45) is 23.3 Å². The van der Waals surface area contributed by atoms with Gasteiger partial charge >= 0.3 is 0 Å². The van der Waals surface area contributed by atoms with Crippen LogP contribution in [0.2, 0.25) is 0 Å². The summed E-state index contributed by atoms with van der Waals surface area (Å²) in [6.07, 6.45) is 7.69. The Kier molecular flexibility index (Phi) is 16.1. The summed E-state index contributed by atoms with van der Waals surface area (Å²) < 4.78 is 0. The van der Waals surface area contributed by atoms with Crippen molar-refractivity contribution in [3.63, 3.8) is 0 Å². The number of nitrogens with two attached hydrogens (primary N) is 2. The Labute approximate surface area is 300 Å². The largest absolute Gasteiger partial charge is 0.402 e. The SMILES string of the molecule is C=C(C)C(CC(C)NCC(=O)N1C(C#N)CC2C(C)C21)(c1n[nH]c(CC)n1)c1ccc(C(N)=O)cc1CCC.C=C(N)C/C(=C/C)CC.CC. The molecule has 2 heterocycles. The first-order chi connectivity index (χ1) is 23.8. The minimum absolute atomic E-state index is 0.0326. The number of piperidine rings is 1. The van der Waals surface area contributed by atoms with Crippen molar-refractivity contribution in [2.45, 2.75) is 131 Å². The fourth-order valence-corrected chi connectivity index (χ4v) is 7.18. The molecule has 6 unspecified atom stereocenters. The molecule has 2 amide bonds. The highest BCUT2D eigenvalue weighted by molar-refractivity contribution is 5.93. The number of nitriles is 1. The van der Waals surface area contributed by atoms with Crippen LogP contribution in [0.5, 0.6) is 0 Å². The van der Waals surface area contributed by atoms with Crippen LogP contribution in [0.4, 0.5) is 0 Å².